The molecule has 72 valence electrons. The topological polar surface area (TPSA) is 81.2 Å². The van der Waals surface area contributed by atoms with E-state index >= 15 is 0 Å². The molecule has 7 heteroatoms. The van der Waals surface area contributed by atoms with Crippen LogP contribution in [-0.2, 0) is 7.05 Å². The molecule has 13 heavy (non-hydrogen) atoms. The Morgan fingerprint density at radius 2 is 2.54 bits per heavy atom. The molecule has 0 aliphatic carbocycles. The number of hydrogen-bond donors (Lipinski definition) is 1. The summed E-state index contributed by atoms with van der Waals surface area (Å²) in [6.07, 6.45) is -0.512. The van der Waals surface area contributed by atoms with Gasteiger partial charge in [0.1, 0.15) is 24.7 Å². The molecule has 0 saturated carbocycles. The lowest BCUT2D eigenvalue weighted by molar-refractivity contribution is -0.386. The van der Waals surface area contributed by atoms with Gasteiger partial charge in [-0.15, -0.1) is 0 Å². The third-order valence-electron chi connectivity index (χ3n) is 1.62. The molecule has 0 fully saturated rings. The maximum Gasteiger partial charge on any atom is 0.312 e. The highest BCUT2D eigenvalue weighted by Gasteiger charge is 2.25. The fourth-order valence-electron chi connectivity index (χ4n) is 1.04. The average Bonchev–Trinajstić information content (AvgIpc) is 2.46. The van der Waals surface area contributed by atoms with Gasteiger partial charge in [0.05, 0.1) is 4.92 Å². The molecule has 0 aliphatic heterocycles. The van der Waals surface area contributed by atoms with Gasteiger partial charge in [-0.3, -0.25) is 14.8 Å². The van der Waals surface area contributed by atoms with Gasteiger partial charge in [0, 0.05) is 7.05 Å². The second-order valence-corrected chi connectivity index (χ2v) is 2.47. The van der Waals surface area contributed by atoms with E-state index in [1.54, 1.807) is 0 Å². The van der Waals surface area contributed by atoms with Gasteiger partial charge in [-0.1, -0.05) is 0 Å². The zero-order valence-electron chi connectivity index (χ0n) is 6.85. The summed E-state index contributed by atoms with van der Waals surface area (Å²) in [5, 5.41) is 23.0. The van der Waals surface area contributed by atoms with Gasteiger partial charge in [-0.05, 0) is 0 Å². The summed E-state index contributed by atoms with van der Waals surface area (Å²) in [6.45, 7) is -1.07. The Morgan fingerprint density at radius 1 is 1.92 bits per heavy atom. The van der Waals surface area contributed by atoms with Crippen LogP contribution < -0.4 is 0 Å². The van der Waals surface area contributed by atoms with E-state index in [0.29, 0.717) is 0 Å². The largest absolute Gasteiger partial charge is 0.384 e. The number of nitro groups is 1. The molecule has 1 heterocycles. The summed E-state index contributed by atoms with van der Waals surface area (Å²) in [7, 11) is 1.40. The Balaban J connectivity index is 3.15. The van der Waals surface area contributed by atoms with Crippen LogP contribution in [0, 0.1) is 10.1 Å². The Kier molecular flexibility index (Phi) is 2.57. The molecule has 0 saturated heterocycles. The third-order valence-corrected chi connectivity index (χ3v) is 1.62. The summed E-state index contributed by atoms with van der Waals surface area (Å²) < 4.78 is 13.1. The second-order valence-electron chi connectivity index (χ2n) is 2.47. The maximum absolute atomic E-state index is 12.1. The van der Waals surface area contributed by atoms with E-state index in [0.717, 1.165) is 10.9 Å². The molecule has 1 unspecified atom stereocenters. The second kappa shape index (κ2) is 3.48. The van der Waals surface area contributed by atoms with Crippen LogP contribution in [0.3, 0.4) is 0 Å². The molecule has 0 aliphatic rings. The predicted molar refractivity (Wildman–Crippen MR) is 40.8 cm³/mol. The van der Waals surface area contributed by atoms with Gasteiger partial charge in [0.25, 0.3) is 0 Å². The van der Waals surface area contributed by atoms with Crippen molar-refractivity contribution in [3.8, 4) is 0 Å². The highest BCUT2D eigenvalue weighted by atomic mass is 19.1. The molecule has 6 nitrogen and oxygen atoms in total. The Bertz CT molecular complexity index is 325. The van der Waals surface area contributed by atoms with Crippen molar-refractivity contribution >= 4 is 5.69 Å². The van der Waals surface area contributed by atoms with Gasteiger partial charge in [0.15, 0.2) is 0 Å². The van der Waals surface area contributed by atoms with E-state index in [-0.39, 0.29) is 11.4 Å². The summed E-state index contributed by atoms with van der Waals surface area (Å²) in [5.74, 6) is 0. The van der Waals surface area contributed by atoms with E-state index in [4.69, 9.17) is 5.11 Å². The molecule has 1 aromatic rings. The molecular weight excluding hydrogens is 181 g/mol. The van der Waals surface area contributed by atoms with Crippen molar-refractivity contribution in [3.63, 3.8) is 0 Å². The first kappa shape index (κ1) is 9.59. The van der Waals surface area contributed by atoms with Gasteiger partial charge in [-0.2, -0.15) is 5.10 Å². The zero-order chi connectivity index (χ0) is 10.0. The number of aliphatic hydroxyl groups excluding tert-OH is 1. The summed E-state index contributed by atoms with van der Waals surface area (Å²) in [4.78, 5) is 9.67. The quantitative estimate of drug-likeness (QED) is 0.548. The highest BCUT2D eigenvalue weighted by Crippen LogP contribution is 2.23. The number of aliphatic hydroxyl groups is 1. The van der Waals surface area contributed by atoms with E-state index in [2.05, 4.69) is 5.10 Å². The molecule has 0 radical (unpaired) electrons. The Hall–Kier alpha value is -1.50. The summed E-state index contributed by atoms with van der Waals surface area (Å²) in [5.41, 5.74) is -0.486. The number of aryl methyl sites for hydroxylation is 1. The number of nitrogens with zero attached hydrogens (tertiary/aromatic N) is 3. The lowest BCUT2D eigenvalue weighted by Crippen LogP contribution is -2.08. The Morgan fingerprint density at radius 3 is 3.00 bits per heavy atom. The van der Waals surface area contributed by atoms with Crippen molar-refractivity contribution in [1.82, 2.24) is 9.78 Å². The van der Waals surface area contributed by atoms with Crippen molar-refractivity contribution in [2.75, 3.05) is 6.67 Å². The molecule has 1 aromatic heterocycles. The predicted octanol–water partition coefficient (Wildman–Crippen LogP) is 0.331. The average molecular weight is 189 g/mol. The van der Waals surface area contributed by atoms with E-state index in [1.807, 2.05) is 0 Å². The van der Waals surface area contributed by atoms with Crippen LogP contribution in [-0.4, -0.2) is 26.5 Å². The zero-order valence-corrected chi connectivity index (χ0v) is 6.85. The van der Waals surface area contributed by atoms with Crippen LogP contribution in [0.15, 0.2) is 6.20 Å². The lowest BCUT2D eigenvalue weighted by atomic mass is 10.2. The van der Waals surface area contributed by atoms with Crippen LogP contribution >= 0.6 is 0 Å². The summed E-state index contributed by atoms with van der Waals surface area (Å²) >= 11 is 0. The van der Waals surface area contributed by atoms with Crippen molar-refractivity contribution in [3.05, 3.63) is 22.0 Å². The lowest BCUT2D eigenvalue weighted by Gasteiger charge is -2.04. The van der Waals surface area contributed by atoms with E-state index in [1.165, 1.54) is 7.05 Å². The first-order valence-corrected chi connectivity index (χ1v) is 3.48. The molecule has 1 rings (SSSR count). The van der Waals surface area contributed by atoms with E-state index < -0.39 is 17.7 Å². The number of halogens is 1. The SMILES string of the molecule is Cn1ncc([N+](=O)[O-])c1C(O)CF. The fourth-order valence-corrected chi connectivity index (χ4v) is 1.04. The van der Waals surface area contributed by atoms with Crippen molar-refractivity contribution < 1.29 is 14.4 Å². The molecular formula is C6H8FN3O3. The fraction of sp³-hybridized carbons (Fsp3) is 0.500. The van der Waals surface area contributed by atoms with Crippen molar-refractivity contribution in [2.24, 2.45) is 7.05 Å². The van der Waals surface area contributed by atoms with Crippen LogP contribution in [0.1, 0.15) is 11.8 Å². The highest BCUT2D eigenvalue weighted by molar-refractivity contribution is 5.34. The first-order valence-electron chi connectivity index (χ1n) is 3.48. The molecule has 1 N–H and O–H groups in total. The van der Waals surface area contributed by atoms with E-state index in [9.17, 15) is 14.5 Å². The van der Waals surface area contributed by atoms with Crippen LogP contribution in [0.2, 0.25) is 0 Å². The van der Waals surface area contributed by atoms with Gasteiger partial charge in [-0.25, -0.2) is 4.39 Å². The van der Waals surface area contributed by atoms with Gasteiger partial charge >= 0.3 is 5.69 Å². The van der Waals surface area contributed by atoms with Crippen LogP contribution in [0.5, 0.6) is 0 Å². The molecule has 0 bridgehead atoms. The minimum atomic E-state index is -1.49. The summed E-state index contributed by atoms with van der Waals surface area (Å²) in [6, 6.07) is 0. The Labute approximate surface area is 72.7 Å². The number of alkyl halides is 1. The number of hydrogen-bond acceptors (Lipinski definition) is 4. The van der Waals surface area contributed by atoms with Gasteiger partial charge < -0.3 is 5.11 Å². The van der Waals surface area contributed by atoms with Crippen molar-refractivity contribution in [2.45, 2.75) is 6.10 Å². The normalized spacial score (nSPS) is 12.8. The standard InChI is InChI=1S/C6H8FN3O3/c1-9-6(5(11)2-7)4(3-8-9)10(12)13/h3,5,11H,2H2,1H3. The third kappa shape index (κ3) is 1.64. The van der Waals surface area contributed by atoms with Crippen LogP contribution in [0.25, 0.3) is 0 Å². The molecule has 0 amide bonds. The number of aromatic nitrogens is 2. The first-order chi connectivity index (χ1) is 6.07. The van der Waals surface area contributed by atoms with Crippen molar-refractivity contribution in [1.29, 1.82) is 0 Å². The monoisotopic (exact) mass is 189 g/mol. The minimum Gasteiger partial charge on any atom is -0.384 e. The minimum absolute atomic E-state index is 0.118. The number of rotatable bonds is 3. The van der Waals surface area contributed by atoms with Crippen LogP contribution in [0.4, 0.5) is 10.1 Å². The maximum atomic E-state index is 12.1. The molecule has 0 aromatic carbocycles. The molecule has 1 atom stereocenters. The smallest absolute Gasteiger partial charge is 0.312 e. The van der Waals surface area contributed by atoms with Gasteiger partial charge in [0.2, 0.25) is 0 Å². The molecule has 0 spiro atoms.